The molecule has 0 rings (SSSR count). The molecule has 0 heterocycles. The molecule has 0 aromatic carbocycles. The van der Waals surface area contributed by atoms with Crippen LogP contribution in [0.15, 0.2) is 48.6 Å². The van der Waals surface area contributed by atoms with Crippen molar-refractivity contribution >= 4 is 19.8 Å². The van der Waals surface area contributed by atoms with Crippen LogP contribution in [0.2, 0.25) is 0 Å². The van der Waals surface area contributed by atoms with Gasteiger partial charge in [-0.15, -0.1) is 0 Å². The number of unbranched alkanes of at least 4 members (excludes halogenated alkanes) is 22. The van der Waals surface area contributed by atoms with Gasteiger partial charge in [-0.2, -0.15) is 0 Å². The van der Waals surface area contributed by atoms with Crippen molar-refractivity contribution in [1.82, 2.24) is 0 Å². The number of aliphatic hydroxyl groups is 2. The molecule has 0 aliphatic carbocycles. The second-order valence-electron chi connectivity index (χ2n) is 15.8. The van der Waals surface area contributed by atoms with Crippen molar-refractivity contribution in [2.24, 2.45) is 0 Å². The van der Waals surface area contributed by atoms with E-state index < -0.39 is 51.8 Å². The maximum atomic E-state index is 12.6. The molecule has 3 N–H and O–H groups in total. The molecule has 0 aromatic heterocycles. The lowest BCUT2D eigenvalue weighted by atomic mass is 10.0. The molecule has 0 saturated carbocycles. The van der Waals surface area contributed by atoms with E-state index >= 15 is 0 Å². The van der Waals surface area contributed by atoms with Crippen LogP contribution < -0.4 is 0 Å². The number of hydrogen-bond donors (Lipinski definition) is 3. The van der Waals surface area contributed by atoms with E-state index in [9.17, 15) is 24.2 Å². The van der Waals surface area contributed by atoms with Crippen LogP contribution in [0.3, 0.4) is 0 Å². The van der Waals surface area contributed by atoms with Gasteiger partial charge in [0.05, 0.1) is 19.8 Å². The monoisotopic (exact) mass is 855 g/mol. The Hall–Kier alpha value is -2.07. The van der Waals surface area contributed by atoms with Crippen LogP contribution in [0.25, 0.3) is 0 Å². The number of rotatable bonds is 44. The molecule has 10 nitrogen and oxygen atoms in total. The molecule has 0 aromatic rings. The van der Waals surface area contributed by atoms with Crippen LogP contribution in [0.4, 0.5) is 0 Å². The molecule has 59 heavy (non-hydrogen) atoms. The van der Waals surface area contributed by atoms with Gasteiger partial charge in [-0.3, -0.25) is 18.6 Å². The lowest BCUT2D eigenvalue weighted by Gasteiger charge is -2.20. The van der Waals surface area contributed by atoms with Crippen LogP contribution in [0.5, 0.6) is 0 Å². The number of allylic oxidation sites excluding steroid dienone is 8. The predicted molar refractivity (Wildman–Crippen MR) is 242 cm³/mol. The van der Waals surface area contributed by atoms with Crippen molar-refractivity contribution in [2.75, 3.05) is 26.4 Å². The fourth-order valence-corrected chi connectivity index (χ4v) is 7.12. The van der Waals surface area contributed by atoms with Gasteiger partial charge in [0.25, 0.3) is 0 Å². The Kier molecular flexibility index (Phi) is 42.5. The van der Waals surface area contributed by atoms with Gasteiger partial charge < -0.3 is 24.6 Å². The van der Waals surface area contributed by atoms with E-state index in [1.165, 1.54) is 109 Å². The summed E-state index contributed by atoms with van der Waals surface area (Å²) in [5, 5.41) is 18.4. The first-order valence-corrected chi connectivity index (χ1v) is 25.1. The third kappa shape index (κ3) is 43.8. The maximum Gasteiger partial charge on any atom is 0.472 e. The Morgan fingerprint density at radius 2 is 0.881 bits per heavy atom. The molecule has 1 unspecified atom stereocenters. The smallest absolute Gasteiger partial charge is 0.462 e. The van der Waals surface area contributed by atoms with Crippen LogP contribution in [-0.4, -0.2) is 65.7 Å². The first-order chi connectivity index (χ1) is 28.7. The number of aliphatic hydroxyl groups excluding tert-OH is 2. The summed E-state index contributed by atoms with van der Waals surface area (Å²) >= 11 is 0. The molecule has 0 bridgehead atoms. The molecule has 344 valence electrons. The minimum absolute atomic E-state index is 0.147. The van der Waals surface area contributed by atoms with Crippen LogP contribution >= 0.6 is 7.82 Å². The molecule has 0 saturated heterocycles. The third-order valence-electron chi connectivity index (χ3n) is 9.99. The first kappa shape index (κ1) is 56.9. The molecule has 3 atom stereocenters. The standard InChI is InChI=1S/C48H87O10P/c1-3-5-7-9-11-13-15-17-19-21-22-24-26-28-30-32-34-36-38-40-48(52)58-46(44-57-59(53,54)56-42-45(50)41-49)43-55-47(51)39-37-35-33-31-29-27-25-23-20-18-16-14-12-10-8-6-4-2/h11,13,17,19,22,24,28,30,45-46,49-50H,3-10,12,14-16,18,20-21,23,25-27,29,31-44H2,1-2H3,(H,53,54)/b13-11+,19-17+,24-22+,30-28+/t45-,46+/m0/s1. The zero-order valence-corrected chi connectivity index (χ0v) is 38.4. The molecule has 0 radical (unpaired) electrons. The lowest BCUT2D eigenvalue weighted by molar-refractivity contribution is -0.161. The molecule has 0 spiro atoms. The summed E-state index contributed by atoms with van der Waals surface area (Å²) in [7, 11) is -4.63. The summed E-state index contributed by atoms with van der Waals surface area (Å²) in [5.41, 5.74) is 0. The Labute approximate surface area is 360 Å². The molecular weight excluding hydrogens is 767 g/mol. The summed E-state index contributed by atoms with van der Waals surface area (Å²) in [6.07, 6.45) is 47.9. The Morgan fingerprint density at radius 1 is 0.508 bits per heavy atom. The fourth-order valence-electron chi connectivity index (χ4n) is 6.33. The lowest BCUT2D eigenvalue weighted by Crippen LogP contribution is -2.29. The van der Waals surface area contributed by atoms with Crippen molar-refractivity contribution in [2.45, 2.75) is 219 Å². The summed E-state index contributed by atoms with van der Waals surface area (Å²) in [6.45, 7) is 2.34. The van der Waals surface area contributed by atoms with E-state index in [-0.39, 0.29) is 19.4 Å². The molecule has 0 aliphatic heterocycles. The average Bonchev–Trinajstić information content (AvgIpc) is 3.22. The van der Waals surface area contributed by atoms with Crippen LogP contribution in [0, 0.1) is 0 Å². The van der Waals surface area contributed by atoms with Gasteiger partial charge in [0.15, 0.2) is 6.10 Å². The quantitative estimate of drug-likeness (QED) is 0.0234. The van der Waals surface area contributed by atoms with Gasteiger partial charge in [0.2, 0.25) is 0 Å². The second-order valence-corrected chi connectivity index (χ2v) is 17.2. The van der Waals surface area contributed by atoms with E-state index in [0.29, 0.717) is 12.8 Å². The molecule has 0 fully saturated rings. The maximum absolute atomic E-state index is 12.6. The van der Waals surface area contributed by atoms with Gasteiger partial charge in [0.1, 0.15) is 12.7 Å². The van der Waals surface area contributed by atoms with Crippen molar-refractivity contribution in [1.29, 1.82) is 0 Å². The highest BCUT2D eigenvalue weighted by Gasteiger charge is 2.27. The zero-order chi connectivity index (χ0) is 43.3. The van der Waals surface area contributed by atoms with Crippen LogP contribution in [0.1, 0.15) is 206 Å². The normalized spacial score (nSPS) is 14.2. The number of hydrogen-bond acceptors (Lipinski definition) is 9. The molecule has 0 aliphatic rings. The third-order valence-corrected chi connectivity index (χ3v) is 10.9. The average molecular weight is 855 g/mol. The van der Waals surface area contributed by atoms with Gasteiger partial charge in [-0.05, 0) is 57.8 Å². The van der Waals surface area contributed by atoms with E-state index in [1.54, 1.807) is 0 Å². The topological polar surface area (TPSA) is 149 Å². The highest BCUT2D eigenvalue weighted by atomic mass is 31.2. The number of carbonyl (C=O) groups excluding carboxylic acids is 2. The summed E-state index contributed by atoms with van der Waals surface area (Å²) in [4.78, 5) is 35.1. The zero-order valence-electron chi connectivity index (χ0n) is 37.5. The summed E-state index contributed by atoms with van der Waals surface area (Å²) in [5.74, 6) is -0.955. The molecule has 0 amide bonds. The van der Waals surface area contributed by atoms with Gasteiger partial charge in [-0.25, -0.2) is 4.57 Å². The summed E-state index contributed by atoms with van der Waals surface area (Å²) < 4.78 is 32.8. The SMILES string of the molecule is CCCCC/C=C/C/C=C/C/C=C/C/C=C/CCCCCC(=O)O[C@H](COC(=O)CCCCCCCCCCCCCCCCCCC)COP(=O)(O)OC[C@@H](O)CO. The van der Waals surface area contributed by atoms with E-state index in [2.05, 4.69) is 62.5 Å². The van der Waals surface area contributed by atoms with Crippen molar-refractivity contribution in [3.05, 3.63) is 48.6 Å². The van der Waals surface area contributed by atoms with E-state index in [0.717, 1.165) is 57.8 Å². The number of ether oxygens (including phenoxy) is 2. The Morgan fingerprint density at radius 3 is 1.36 bits per heavy atom. The first-order valence-electron chi connectivity index (χ1n) is 23.6. The predicted octanol–water partition coefficient (Wildman–Crippen LogP) is 12.9. The van der Waals surface area contributed by atoms with Crippen molar-refractivity contribution < 1.29 is 47.8 Å². The highest BCUT2D eigenvalue weighted by Crippen LogP contribution is 2.43. The van der Waals surface area contributed by atoms with E-state index in [4.69, 9.17) is 23.6 Å². The van der Waals surface area contributed by atoms with Crippen molar-refractivity contribution in [3.63, 3.8) is 0 Å². The number of phosphoric ester groups is 1. The van der Waals surface area contributed by atoms with Gasteiger partial charge in [0, 0.05) is 12.8 Å². The fraction of sp³-hybridized carbons (Fsp3) is 0.792. The molecular formula is C48H87O10P. The van der Waals surface area contributed by atoms with Gasteiger partial charge >= 0.3 is 19.8 Å². The van der Waals surface area contributed by atoms with Crippen LogP contribution in [-0.2, 0) is 32.7 Å². The molecule has 11 heteroatoms. The Balaban J connectivity index is 4.30. The minimum atomic E-state index is -4.63. The number of phosphoric acid groups is 1. The van der Waals surface area contributed by atoms with Crippen molar-refractivity contribution in [3.8, 4) is 0 Å². The number of carbonyl (C=O) groups is 2. The van der Waals surface area contributed by atoms with Gasteiger partial charge in [-0.1, -0.05) is 184 Å². The Bertz CT molecular complexity index is 1120. The number of esters is 2. The van der Waals surface area contributed by atoms with E-state index in [1.807, 2.05) is 0 Å². The second kappa shape index (κ2) is 44.0. The minimum Gasteiger partial charge on any atom is -0.462 e. The summed E-state index contributed by atoms with van der Waals surface area (Å²) in [6, 6.07) is 0. The largest absolute Gasteiger partial charge is 0.472 e. The highest BCUT2D eigenvalue weighted by molar-refractivity contribution is 7.47.